The summed E-state index contributed by atoms with van der Waals surface area (Å²) in [6.45, 7) is 0.877. The average Bonchev–Trinajstić information content (AvgIpc) is 2.58. The summed E-state index contributed by atoms with van der Waals surface area (Å²) < 4.78 is 18.7. The molecule has 23 heavy (non-hydrogen) atoms. The topological polar surface area (TPSA) is 70.6 Å². The largest absolute Gasteiger partial charge is 0.489 e. The van der Waals surface area contributed by atoms with Crippen LogP contribution in [0, 0.1) is 5.82 Å². The lowest BCUT2D eigenvalue weighted by Crippen LogP contribution is -2.26. The first-order valence-corrected chi connectivity index (χ1v) is 7.31. The molecule has 0 unspecified atom stereocenters. The number of carbonyl (C=O) groups excluding carboxylic acids is 1. The molecule has 0 atom stereocenters. The zero-order chi connectivity index (χ0) is 16.5. The molecular weight excluding hydrogens is 299 g/mol. The lowest BCUT2D eigenvalue weighted by Gasteiger charge is -2.10. The Hall–Kier alpha value is -2.60. The molecule has 0 saturated heterocycles. The molecule has 0 spiro atoms. The Morgan fingerprint density at radius 3 is 2.74 bits per heavy atom. The van der Waals surface area contributed by atoms with Gasteiger partial charge in [-0.15, -0.1) is 0 Å². The first-order valence-electron chi connectivity index (χ1n) is 7.31. The molecule has 0 fully saturated rings. The van der Waals surface area contributed by atoms with Crippen LogP contribution in [0.1, 0.15) is 10.4 Å². The maximum Gasteiger partial charge on any atom is 0.251 e. The van der Waals surface area contributed by atoms with Gasteiger partial charge in [-0.25, -0.2) is 4.39 Å². The van der Waals surface area contributed by atoms with Crippen molar-refractivity contribution in [2.45, 2.75) is 0 Å². The number of hydrogen-bond donors (Lipinski definition) is 3. The number of amides is 1. The van der Waals surface area contributed by atoms with E-state index in [1.54, 1.807) is 36.4 Å². The standard InChI is InChI=1S/C17H19FN2O3/c18-15-6-1-2-7-16(15)23-11-9-19-14-5-3-4-13(12-14)17(22)20-8-10-21/h1-7,12,19,21H,8-11H2,(H,20,22). The van der Waals surface area contributed by atoms with Crippen molar-refractivity contribution < 1.29 is 19.0 Å². The number of aliphatic hydroxyl groups is 1. The van der Waals surface area contributed by atoms with Crippen LogP contribution in [0.5, 0.6) is 5.75 Å². The van der Waals surface area contributed by atoms with Gasteiger partial charge in [0.15, 0.2) is 11.6 Å². The highest BCUT2D eigenvalue weighted by molar-refractivity contribution is 5.95. The Morgan fingerprint density at radius 1 is 1.13 bits per heavy atom. The lowest BCUT2D eigenvalue weighted by atomic mass is 10.2. The molecule has 0 bridgehead atoms. The number of anilines is 1. The fourth-order valence-corrected chi connectivity index (χ4v) is 1.96. The van der Waals surface area contributed by atoms with Gasteiger partial charge in [0.1, 0.15) is 6.61 Å². The number of ether oxygens (including phenoxy) is 1. The zero-order valence-corrected chi connectivity index (χ0v) is 12.6. The van der Waals surface area contributed by atoms with Gasteiger partial charge in [-0.1, -0.05) is 18.2 Å². The summed E-state index contributed by atoms with van der Waals surface area (Å²) in [5, 5.41) is 14.4. The Balaban J connectivity index is 1.82. The van der Waals surface area contributed by atoms with Crippen molar-refractivity contribution in [1.82, 2.24) is 5.32 Å². The Morgan fingerprint density at radius 2 is 1.96 bits per heavy atom. The normalized spacial score (nSPS) is 10.2. The van der Waals surface area contributed by atoms with Crippen molar-refractivity contribution in [3.05, 3.63) is 59.9 Å². The maximum absolute atomic E-state index is 13.4. The van der Waals surface area contributed by atoms with Crippen molar-refractivity contribution in [2.75, 3.05) is 31.6 Å². The second-order valence-electron chi connectivity index (χ2n) is 4.77. The van der Waals surface area contributed by atoms with E-state index in [-0.39, 0.29) is 24.8 Å². The van der Waals surface area contributed by atoms with Crippen LogP contribution in [0.4, 0.5) is 10.1 Å². The van der Waals surface area contributed by atoms with Crippen LogP contribution in [0.15, 0.2) is 48.5 Å². The predicted molar refractivity (Wildman–Crippen MR) is 86.2 cm³/mol. The van der Waals surface area contributed by atoms with Crippen LogP contribution in [0.25, 0.3) is 0 Å². The molecule has 0 saturated carbocycles. The van der Waals surface area contributed by atoms with E-state index in [0.29, 0.717) is 18.7 Å². The lowest BCUT2D eigenvalue weighted by molar-refractivity contribution is 0.0945. The number of nitrogens with one attached hydrogen (secondary N) is 2. The van der Waals surface area contributed by atoms with Crippen molar-refractivity contribution in [1.29, 1.82) is 0 Å². The van der Waals surface area contributed by atoms with Gasteiger partial charge in [-0.05, 0) is 30.3 Å². The number of aliphatic hydroxyl groups excluding tert-OH is 1. The minimum atomic E-state index is -0.393. The summed E-state index contributed by atoms with van der Waals surface area (Å²) in [6.07, 6.45) is 0. The van der Waals surface area contributed by atoms with E-state index in [1.165, 1.54) is 6.07 Å². The SMILES string of the molecule is O=C(NCCO)c1cccc(NCCOc2ccccc2F)c1. The highest BCUT2D eigenvalue weighted by Crippen LogP contribution is 2.15. The van der Waals surface area contributed by atoms with Crippen LogP contribution in [-0.2, 0) is 0 Å². The highest BCUT2D eigenvalue weighted by Gasteiger charge is 2.05. The summed E-state index contributed by atoms with van der Waals surface area (Å²) in [5.41, 5.74) is 1.26. The first kappa shape index (κ1) is 16.8. The van der Waals surface area contributed by atoms with E-state index in [9.17, 15) is 9.18 Å². The van der Waals surface area contributed by atoms with Gasteiger partial charge < -0.3 is 20.5 Å². The van der Waals surface area contributed by atoms with Gasteiger partial charge in [-0.3, -0.25) is 4.79 Å². The molecule has 6 heteroatoms. The van der Waals surface area contributed by atoms with E-state index in [2.05, 4.69) is 10.6 Å². The highest BCUT2D eigenvalue weighted by atomic mass is 19.1. The molecule has 5 nitrogen and oxygen atoms in total. The Bertz CT molecular complexity index is 649. The van der Waals surface area contributed by atoms with E-state index in [4.69, 9.17) is 9.84 Å². The molecule has 0 radical (unpaired) electrons. The fraction of sp³-hybridized carbons (Fsp3) is 0.235. The zero-order valence-electron chi connectivity index (χ0n) is 12.6. The molecule has 0 aliphatic carbocycles. The summed E-state index contributed by atoms with van der Waals surface area (Å²) in [4.78, 5) is 11.8. The number of hydrogen-bond acceptors (Lipinski definition) is 4. The summed E-state index contributed by atoms with van der Waals surface area (Å²) >= 11 is 0. The third-order valence-corrected chi connectivity index (χ3v) is 3.05. The quantitative estimate of drug-likeness (QED) is 0.652. The van der Waals surface area contributed by atoms with Gasteiger partial charge in [0.2, 0.25) is 0 Å². The van der Waals surface area contributed by atoms with Gasteiger partial charge in [-0.2, -0.15) is 0 Å². The van der Waals surface area contributed by atoms with Crippen LogP contribution in [-0.4, -0.2) is 37.3 Å². The van der Waals surface area contributed by atoms with E-state index in [1.807, 2.05) is 6.07 Å². The number of halogens is 1. The molecule has 0 heterocycles. The fourth-order valence-electron chi connectivity index (χ4n) is 1.96. The van der Waals surface area contributed by atoms with Gasteiger partial charge >= 0.3 is 0 Å². The minimum absolute atomic E-state index is 0.100. The number of rotatable bonds is 8. The average molecular weight is 318 g/mol. The molecule has 2 aromatic carbocycles. The summed E-state index contributed by atoms with van der Waals surface area (Å²) in [5.74, 6) is -0.424. The molecule has 2 rings (SSSR count). The van der Waals surface area contributed by atoms with Crippen molar-refractivity contribution in [3.63, 3.8) is 0 Å². The molecular formula is C17H19FN2O3. The Kier molecular flexibility index (Phi) is 6.38. The third-order valence-electron chi connectivity index (χ3n) is 3.05. The third kappa shape index (κ3) is 5.27. The van der Waals surface area contributed by atoms with Gasteiger partial charge in [0.25, 0.3) is 5.91 Å². The number of carbonyl (C=O) groups is 1. The molecule has 1 amide bonds. The van der Waals surface area contributed by atoms with E-state index in [0.717, 1.165) is 5.69 Å². The first-order chi connectivity index (χ1) is 11.2. The number of benzene rings is 2. The second-order valence-corrected chi connectivity index (χ2v) is 4.77. The molecule has 122 valence electrons. The molecule has 0 aliphatic heterocycles. The Labute approximate surface area is 134 Å². The predicted octanol–water partition coefficient (Wildman–Crippen LogP) is 2.04. The minimum Gasteiger partial charge on any atom is -0.489 e. The van der Waals surface area contributed by atoms with Gasteiger partial charge in [0.05, 0.1) is 6.61 Å². The number of para-hydroxylation sites is 1. The second kappa shape index (κ2) is 8.75. The van der Waals surface area contributed by atoms with Crippen LogP contribution >= 0.6 is 0 Å². The summed E-state index contributed by atoms with van der Waals surface area (Å²) in [6, 6.07) is 13.2. The summed E-state index contributed by atoms with van der Waals surface area (Å²) in [7, 11) is 0. The van der Waals surface area contributed by atoms with Crippen molar-refractivity contribution >= 4 is 11.6 Å². The molecule has 0 aliphatic rings. The van der Waals surface area contributed by atoms with Crippen LogP contribution < -0.4 is 15.4 Å². The molecule has 0 aromatic heterocycles. The van der Waals surface area contributed by atoms with E-state index >= 15 is 0 Å². The monoisotopic (exact) mass is 318 g/mol. The van der Waals surface area contributed by atoms with Crippen molar-refractivity contribution in [3.8, 4) is 5.75 Å². The van der Waals surface area contributed by atoms with Crippen molar-refractivity contribution in [2.24, 2.45) is 0 Å². The van der Waals surface area contributed by atoms with E-state index < -0.39 is 5.82 Å². The maximum atomic E-state index is 13.4. The molecule has 2 aromatic rings. The molecule has 3 N–H and O–H groups in total. The van der Waals surface area contributed by atoms with Gasteiger partial charge in [0, 0.05) is 24.3 Å². The van der Waals surface area contributed by atoms with Crippen LogP contribution in [0.3, 0.4) is 0 Å². The smallest absolute Gasteiger partial charge is 0.251 e. The van der Waals surface area contributed by atoms with Crippen LogP contribution in [0.2, 0.25) is 0 Å².